The number of nitrogens with zero attached hydrogens (tertiary/aromatic N) is 1. The van der Waals surface area contributed by atoms with E-state index in [1.165, 1.54) is 26.1 Å². The van der Waals surface area contributed by atoms with Gasteiger partial charge in [0.05, 0.1) is 0 Å². The molecule has 3 unspecified atom stereocenters. The molecule has 0 aromatic rings. The molecule has 1 fully saturated rings. The van der Waals surface area contributed by atoms with Crippen LogP contribution < -0.4 is 5.32 Å². The van der Waals surface area contributed by atoms with Gasteiger partial charge in [0.1, 0.15) is 0 Å². The molecule has 0 spiro atoms. The Labute approximate surface area is 102 Å². The normalized spacial score (nSPS) is 30.4. The maximum atomic E-state index is 3.39. The first-order chi connectivity index (χ1) is 7.36. The van der Waals surface area contributed by atoms with Gasteiger partial charge in [0.25, 0.3) is 0 Å². The van der Waals surface area contributed by atoms with Crippen molar-refractivity contribution in [1.29, 1.82) is 0 Å². The summed E-state index contributed by atoms with van der Waals surface area (Å²) in [5, 5.41) is 3.39. The molecule has 0 bridgehead atoms. The standard InChI is InChI=1S/C14H30N2/c1-11-7-8-16(9-12(11)2)10-14(4,5)13(3)15-6/h11-13,15H,7-10H2,1-6H3. The van der Waals surface area contributed by atoms with E-state index in [9.17, 15) is 0 Å². The summed E-state index contributed by atoms with van der Waals surface area (Å²) >= 11 is 0. The highest BCUT2D eigenvalue weighted by atomic mass is 15.1. The molecule has 2 nitrogen and oxygen atoms in total. The molecule has 0 aromatic heterocycles. The molecule has 2 heteroatoms. The molecule has 1 heterocycles. The first kappa shape index (κ1) is 14.0. The van der Waals surface area contributed by atoms with Gasteiger partial charge in [-0.1, -0.05) is 27.7 Å². The van der Waals surface area contributed by atoms with E-state index in [1.54, 1.807) is 0 Å². The molecule has 1 rings (SSSR count). The Kier molecular flexibility index (Phi) is 4.81. The first-order valence-electron chi connectivity index (χ1n) is 6.76. The predicted molar refractivity (Wildman–Crippen MR) is 71.7 cm³/mol. The van der Waals surface area contributed by atoms with Crippen molar-refractivity contribution in [3.8, 4) is 0 Å². The quantitative estimate of drug-likeness (QED) is 0.792. The smallest absolute Gasteiger partial charge is 0.00991 e. The highest BCUT2D eigenvalue weighted by molar-refractivity contribution is 4.85. The number of nitrogens with one attached hydrogen (secondary N) is 1. The minimum Gasteiger partial charge on any atom is -0.317 e. The van der Waals surface area contributed by atoms with Crippen molar-refractivity contribution >= 4 is 0 Å². The average molecular weight is 226 g/mol. The van der Waals surface area contributed by atoms with Crippen molar-refractivity contribution in [1.82, 2.24) is 10.2 Å². The summed E-state index contributed by atoms with van der Waals surface area (Å²) in [5.41, 5.74) is 0.356. The molecule has 0 aromatic carbocycles. The largest absolute Gasteiger partial charge is 0.317 e. The van der Waals surface area contributed by atoms with Crippen molar-refractivity contribution in [3.63, 3.8) is 0 Å². The summed E-state index contributed by atoms with van der Waals surface area (Å²) in [6.45, 7) is 15.6. The Morgan fingerprint density at radius 2 is 1.94 bits per heavy atom. The van der Waals surface area contributed by atoms with Crippen LogP contribution in [-0.2, 0) is 0 Å². The van der Waals surface area contributed by atoms with E-state index in [1.807, 2.05) is 0 Å². The van der Waals surface area contributed by atoms with Gasteiger partial charge in [-0.3, -0.25) is 0 Å². The molecular formula is C14H30N2. The zero-order chi connectivity index (χ0) is 12.3. The van der Waals surface area contributed by atoms with Gasteiger partial charge in [-0.25, -0.2) is 0 Å². The molecule has 96 valence electrons. The molecule has 1 saturated heterocycles. The Morgan fingerprint density at radius 3 is 2.44 bits per heavy atom. The first-order valence-corrected chi connectivity index (χ1v) is 6.76. The van der Waals surface area contributed by atoms with Gasteiger partial charge in [0, 0.05) is 19.1 Å². The lowest BCUT2D eigenvalue weighted by Gasteiger charge is -2.41. The van der Waals surface area contributed by atoms with Crippen LogP contribution in [0, 0.1) is 17.3 Å². The lowest BCUT2D eigenvalue weighted by Crippen LogP contribution is -2.49. The van der Waals surface area contributed by atoms with Crippen molar-refractivity contribution in [2.24, 2.45) is 17.3 Å². The van der Waals surface area contributed by atoms with Crippen LogP contribution in [0.1, 0.15) is 41.0 Å². The number of hydrogen-bond donors (Lipinski definition) is 1. The Hall–Kier alpha value is -0.0800. The second-order valence-corrected chi connectivity index (χ2v) is 6.48. The van der Waals surface area contributed by atoms with Crippen LogP contribution >= 0.6 is 0 Å². The van der Waals surface area contributed by atoms with Crippen molar-refractivity contribution in [2.75, 3.05) is 26.7 Å². The van der Waals surface area contributed by atoms with Crippen molar-refractivity contribution in [2.45, 2.75) is 47.1 Å². The van der Waals surface area contributed by atoms with E-state index in [-0.39, 0.29) is 0 Å². The third-order valence-electron chi connectivity index (χ3n) is 4.65. The second kappa shape index (κ2) is 5.50. The van der Waals surface area contributed by atoms with Crippen LogP contribution in [0.15, 0.2) is 0 Å². The molecule has 0 saturated carbocycles. The van der Waals surface area contributed by atoms with E-state index < -0.39 is 0 Å². The van der Waals surface area contributed by atoms with Crippen LogP contribution in [0.25, 0.3) is 0 Å². The lowest BCUT2D eigenvalue weighted by atomic mass is 9.82. The predicted octanol–water partition coefficient (Wildman–Crippen LogP) is 2.60. The van der Waals surface area contributed by atoms with Crippen LogP contribution in [0.5, 0.6) is 0 Å². The Bertz CT molecular complexity index is 213. The second-order valence-electron chi connectivity index (χ2n) is 6.48. The minimum absolute atomic E-state index is 0.356. The van der Waals surface area contributed by atoms with E-state index in [4.69, 9.17) is 0 Å². The number of piperidine rings is 1. The highest BCUT2D eigenvalue weighted by Gasteiger charge is 2.30. The molecule has 1 N–H and O–H groups in total. The summed E-state index contributed by atoms with van der Waals surface area (Å²) in [6.07, 6.45) is 1.37. The zero-order valence-electron chi connectivity index (χ0n) is 12.0. The van der Waals surface area contributed by atoms with Crippen molar-refractivity contribution in [3.05, 3.63) is 0 Å². The van der Waals surface area contributed by atoms with Crippen LogP contribution in [-0.4, -0.2) is 37.6 Å². The molecular weight excluding hydrogens is 196 g/mol. The van der Waals surface area contributed by atoms with Gasteiger partial charge in [-0.15, -0.1) is 0 Å². The van der Waals surface area contributed by atoms with E-state index in [0.29, 0.717) is 11.5 Å². The topological polar surface area (TPSA) is 15.3 Å². The summed E-state index contributed by atoms with van der Waals surface area (Å²) in [7, 11) is 2.06. The summed E-state index contributed by atoms with van der Waals surface area (Å²) in [5.74, 6) is 1.76. The van der Waals surface area contributed by atoms with Gasteiger partial charge in [0.15, 0.2) is 0 Å². The molecule has 0 amide bonds. The Balaban J connectivity index is 2.48. The van der Waals surface area contributed by atoms with Gasteiger partial charge >= 0.3 is 0 Å². The Morgan fingerprint density at radius 1 is 1.31 bits per heavy atom. The lowest BCUT2D eigenvalue weighted by molar-refractivity contribution is 0.0829. The fourth-order valence-corrected chi connectivity index (χ4v) is 2.60. The molecule has 0 aliphatic carbocycles. The van der Waals surface area contributed by atoms with Gasteiger partial charge in [0.2, 0.25) is 0 Å². The molecule has 1 aliphatic heterocycles. The SMILES string of the molecule is CNC(C)C(C)(C)CN1CCC(C)C(C)C1. The van der Waals surface area contributed by atoms with Gasteiger partial charge in [-0.2, -0.15) is 0 Å². The van der Waals surface area contributed by atoms with Crippen molar-refractivity contribution < 1.29 is 0 Å². The highest BCUT2D eigenvalue weighted by Crippen LogP contribution is 2.27. The number of likely N-dealkylation sites (tertiary alicyclic amines) is 1. The number of rotatable bonds is 4. The summed E-state index contributed by atoms with van der Waals surface area (Å²) in [6, 6.07) is 0.571. The van der Waals surface area contributed by atoms with Crippen LogP contribution in [0.3, 0.4) is 0 Å². The van der Waals surface area contributed by atoms with Crippen LogP contribution in [0.2, 0.25) is 0 Å². The zero-order valence-corrected chi connectivity index (χ0v) is 12.0. The van der Waals surface area contributed by atoms with E-state index in [0.717, 1.165) is 11.8 Å². The third-order valence-corrected chi connectivity index (χ3v) is 4.65. The molecule has 16 heavy (non-hydrogen) atoms. The van der Waals surface area contributed by atoms with Crippen LogP contribution in [0.4, 0.5) is 0 Å². The molecule has 0 radical (unpaired) electrons. The molecule has 1 aliphatic rings. The maximum Gasteiger partial charge on any atom is 0.00991 e. The summed E-state index contributed by atoms with van der Waals surface area (Å²) < 4.78 is 0. The monoisotopic (exact) mass is 226 g/mol. The maximum absolute atomic E-state index is 3.39. The number of hydrogen-bond acceptors (Lipinski definition) is 2. The van der Waals surface area contributed by atoms with Gasteiger partial charge < -0.3 is 10.2 Å². The van der Waals surface area contributed by atoms with E-state index >= 15 is 0 Å². The summed E-state index contributed by atoms with van der Waals surface area (Å²) in [4.78, 5) is 2.65. The average Bonchev–Trinajstić information content (AvgIpc) is 2.22. The minimum atomic E-state index is 0.356. The fraction of sp³-hybridized carbons (Fsp3) is 1.00. The van der Waals surface area contributed by atoms with E-state index in [2.05, 4.69) is 51.9 Å². The van der Waals surface area contributed by atoms with Gasteiger partial charge in [-0.05, 0) is 44.2 Å². The molecule has 3 atom stereocenters. The fourth-order valence-electron chi connectivity index (χ4n) is 2.60. The third kappa shape index (κ3) is 3.46.